The lowest BCUT2D eigenvalue weighted by Gasteiger charge is -2.40. The van der Waals surface area contributed by atoms with Gasteiger partial charge in [0.25, 0.3) is 0 Å². The molecule has 0 spiro atoms. The average Bonchev–Trinajstić information content (AvgIpc) is 3.06. The summed E-state index contributed by atoms with van der Waals surface area (Å²) in [5.74, 6) is -1.71. The molecule has 1 aromatic heterocycles. The molecule has 0 N–H and O–H groups in total. The van der Waals surface area contributed by atoms with Crippen molar-refractivity contribution in [3.63, 3.8) is 0 Å². The van der Waals surface area contributed by atoms with E-state index in [9.17, 15) is 14.0 Å². The Labute approximate surface area is 262 Å². The molecule has 0 unspecified atom stereocenters. The number of para-hydroxylation sites is 1. The summed E-state index contributed by atoms with van der Waals surface area (Å²) in [7, 11) is 0. The monoisotopic (exact) mass is 624 g/mol. The van der Waals surface area contributed by atoms with E-state index < -0.39 is 17.3 Å². The highest BCUT2D eigenvalue weighted by molar-refractivity contribution is 6.35. The van der Waals surface area contributed by atoms with Gasteiger partial charge in [-0.05, 0) is 36.8 Å². The smallest absolute Gasteiger partial charge is 0.354 e. The van der Waals surface area contributed by atoms with Gasteiger partial charge < -0.3 is 14.5 Å². The van der Waals surface area contributed by atoms with Crippen molar-refractivity contribution in [3.05, 3.63) is 118 Å². The van der Waals surface area contributed by atoms with Crippen LogP contribution >= 0.6 is 11.6 Å². The molecule has 1 fully saturated rings. The first-order chi connectivity index (χ1) is 21.8. The van der Waals surface area contributed by atoms with Crippen LogP contribution in [-0.2, 0) is 11.4 Å². The lowest BCUT2D eigenvalue weighted by atomic mass is 9.94. The van der Waals surface area contributed by atoms with Gasteiger partial charge in [-0.15, -0.1) is 0 Å². The first-order valence-electron chi connectivity index (χ1n) is 14.5. The van der Waals surface area contributed by atoms with E-state index in [4.69, 9.17) is 16.3 Å². The van der Waals surface area contributed by atoms with E-state index in [0.717, 1.165) is 17.2 Å². The molecular formula is C35H27ClF2N4O3. The Morgan fingerprint density at radius 1 is 1.04 bits per heavy atom. The zero-order chi connectivity index (χ0) is 31.4. The summed E-state index contributed by atoms with van der Waals surface area (Å²) in [5.41, 5.74) is 2.52. The van der Waals surface area contributed by atoms with Crippen LogP contribution in [0.25, 0.3) is 38.8 Å². The van der Waals surface area contributed by atoms with Crippen LogP contribution in [0.2, 0.25) is 5.02 Å². The number of anilines is 1. The predicted octanol–water partition coefficient (Wildman–Crippen LogP) is 6.77. The van der Waals surface area contributed by atoms with Gasteiger partial charge in [0, 0.05) is 53.3 Å². The molecule has 226 valence electrons. The number of aromatic nitrogens is 2. The number of carbonyl (C=O) groups is 1. The fourth-order valence-electron chi connectivity index (χ4n) is 6.38. The molecule has 7 rings (SSSR count). The van der Waals surface area contributed by atoms with Crippen LogP contribution in [-0.4, -0.2) is 46.0 Å². The number of rotatable bonds is 4. The Kier molecular flexibility index (Phi) is 7.13. The first kappa shape index (κ1) is 28.7. The topological polar surface area (TPSA) is 67.7 Å². The number of hydrogen-bond acceptors (Lipinski definition) is 5. The maximum Gasteiger partial charge on any atom is 0.354 e. The predicted molar refractivity (Wildman–Crippen MR) is 171 cm³/mol. The van der Waals surface area contributed by atoms with Gasteiger partial charge in [0.2, 0.25) is 5.91 Å². The van der Waals surface area contributed by atoms with Crippen LogP contribution in [0.3, 0.4) is 0 Å². The minimum Gasteiger partial charge on any atom is -0.486 e. The lowest BCUT2D eigenvalue weighted by molar-refractivity contribution is -0.126. The van der Waals surface area contributed by atoms with Crippen molar-refractivity contribution in [2.45, 2.75) is 19.6 Å². The van der Waals surface area contributed by atoms with E-state index in [-0.39, 0.29) is 40.5 Å². The Morgan fingerprint density at radius 2 is 1.80 bits per heavy atom. The van der Waals surface area contributed by atoms with Crippen molar-refractivity contribution >= 4 is 34.2 Å². The summed E-state index contributed by atoms with van der Waals surface area (Å²) in [4.78, 5) is 34.9. The minimum atomic E-state index is -1.04. The highest BCUT2D eigenvalue weighted by atomic mass is 35.5. The van der Waals surface area contributed by atoms with Crippen molar-refractivity contribution in [1.29, 1.82) is 0 Å². The molecule has 2 aliphatic rings. The van der Waals surface area contributed by atoms with Gasteiger partial charge in [-0.1, -0.05) is 72.8 Å². The molecule has 45 heavy (non-hydrogen) atoms. The van der Waals surface area contributed by atoms with E-state index in [2.05, 4.69) is 11.6 Å². The molecule has 4 aromatic carbocycles. The van der Waals surface area contributed by atoms with E-state index in [1.54, 1.807) is 11.0 Å². The Hall–Kier alpha value is -5.02. The summed E-state index contributed by atoms with van der Waals surface area (Å²) in [6, 6.07) is 21.0. The molecule has 5 aromatic rings. The fraction of sp³-hybridized carbons (Fsp3) is 0.171. The van der Waals surface area contributed by atoms with Crippen LogP contribution < -0.4 is 15.3 Å². The van der Waals surface area contributed by atoms with E-state index in [1.165, 1.54) is 16.7 Å². The second kappa shape index (κ2) is 11.2. The van der Waals surface area contributed by atoms with Crippen molar-refractivity contribution in [2.75, 3.05) is 24.5 Å². The highest BCUT2D eigenvalue weighted by Gasteiger charge is 2.34. The van der Waals surface area contributed by atoms with Crippen LogP contribution in [0, 0.1) is 11.6 Å². The normalized spacial score (nSPS) is 15.8. The number of amides is 1. The number of nitrogens with zero attached hydrogens (tertiary/aromatic N) is 4. The Balaban J connectivity index is 1.55. The first-order valence-corrected chi connectivity index (χ1v) is 14.9. The third-order valence-corrected chi connectivity index (χ3v) is 8.78. The van der Waals surface area contributed by atoms with E-state index >= 15 is 4.39 Å². The van der Waals surface area contributed by atoms with Crippen molar-refractivity contribution in [3.8, 4) is 33.7 Å². The summed E-state index contributed by atoms with van der Waals surface area (Å²) in [5, 5.41) is 0.623. The molecule has 0 bridgehead atoms. The summed E-state index contributed by atoms with van der Waals surface area (Å²) in [6.07, 6.45) is 1.28. The summed E-state index contributed by atoms with van der Waals surface area (Å²) >= 11 is 6.90. The maximum atomic E-state index is 15.5. The number of halogens is 3. The fourth-order valence-corrected chi connectivity index (χ4v) is 6.67. The van der Waals surface area contributed by atoms with Gasteiger partial charge in [0.05, 0.1) is 10.7 Å². The number of carbonyl (C=O) groups excluding carboxylic acids is 1. The number of piperazine rings is 1. The molecule has 0 radical (unpaired) electrons. The molecule has 0 saturated carbocycles. The van der Waals surface area contributed by atoms with Crippen LogP contribution in [0.5, 0.6) is 5.75 Å². The highest BCUT2D eigenvalue weighted by Crippen LogP contribution is 2.49. The summed E-state index contributed by atoms with van der Waals surface area (Å²) < 4.78 is 37.8. The average molecular weight is 625 g/mol. The summed E-state index contributed by atoms with van der Waals surface area (Å²) in [6.45, 7) is 6.66. The third-order valence-electron chi connectivity index (χ3n) is 8.48. The molecule has 1 saturated heterocycles. The van der Waals surface area contributed by atoms with Gasteiger partial charge >= 0.3 is 5.69 Å². The van der Waals surface area contributed by atoms with E-state index in [0.29, 0.717) is 47.6 Å². The molecule has 2 aliphatic heterocycles. The molecule has 3 heterocycles. The van der Waals surface area contributed by atoms with Gasteiger partial charge in [-0.2, -0.15) is 4.98 Å². The quantitative estimate of drug-likeness (QED) is 0.207. The van der Waals surface area contributed by atoms with Crippen LogP contribution in [0.4, 0.5) is 14.6 Å². The van der Waals surface area contributed by atoms with Crippen LogP contribution in [0.15, 0.2) is 90.2 Å². The number of benzene rings is 4. The van der Waals surface area contributed by atoms with Crippen molar-refractivity contribution in [1.82, 2.24) is 14.5 Å². The standard InChI is InChI=1S/C35H27ClF2N4O3/c1-3-28(43)40-15-16-41(20(2)18-40)34-24-17-25(36)30-29-22(13-14-26(37)31(29)38)19-45-33(30)32(24)42(35(44)39-34)27-12-8-7-11-23(27)21-9-5-4-6-10-21/h3-14,17,20H,1,15-16,18-19H2,2H3/t20-/m0/s1. The SMILES string of the molecule is C=CC(=O)N1CCN(c2nc(=O)n(-c3ccccc3-c3ccccc3)c3c4c(c(Cl)cc23)-c2c(ccc(F)c2F)CO4)[C@@H](C)C1. The third kappa shape index (κ3) is 4.66. The Bertz CT molecular complexity index is 2080. The molecule has 0 aliphatic carbocycles. The second-order valence-electron chi connectivity index (χ2n) is 11.1. The maximum absolute atomic E-state index is 15.5. The molecule has 7 nitrogen and oxygen atoms in total. The van der Waals surface area contributed by atoms with Gasteiger partial charge in [0.15, 0.2) is 17.4 Å². The van der Waals surface area contributed by atoms with E-state index in [1.807, 2.05) is 66.4 Å². The number of fused-ring (bicyclic) bond motifs is 5. The number of hydrogen-bond donors (Lipinski definition) is 0. The molecule has 10 heteroatoms. The molecule has 1 atom stereocenters. The van der Waals surface area contributed by atoms with Gasteiger partial charge in [-0.3, -0.25) is 9.36 Å². The molecule has 1 amide bonds. The minimum absolute atomic E-state index is 0.00164. The van der Waals surface area contributed by atoms with Crippen LogP contribution in [0.1, 0.15) is 12.5 Å². The van der Waals surface area contributed by atoms with Gasteiger partial charge in [-0.25, -0.2) is 13.6 Å². The van der Waals surface area contributed by atoms with Gasteiger partial charge in [0.1, 0.15) is 17.9 Å². The molecular weight excluding hydrogens is 598 g/mol. The van der Waals surface area contributed by atoms with Crippen molar-refractivity contribution < 1.29 is 18.3 Å². The Morgan fingerprint density at radius 3 is 2.56 bits per heavy atom. The zero-order valence-electron chi connectivity index (χ0n) is 24.3. The second-order valence-corrected chi connectivity index (χ2v) is 11.5. The largest absolute Gasteiger partial charge is 0.486 e. The zero-order valence-corrected chi connectivity index (χ0v) is 25.0. The lowest BCUT2D eigenvalue weighted by Crippen LogP contribution is -2.54. The number of ether oxygens (including phenoxy) is 1. The van der Waals surface area contributed by atoms with Crippen molar-refractivity contribution in [2.24, 2.45) is 0 Å².